The second kappa shape index (κ2) is 8.19. The minimum atomic E-state index is -0.256. The molecule has 1 aliphatic rings. The number of amides is 1. The van der Waals surface area contributed by atoms with Gasteiger partial charge in [-0.25, -0.2) is 4.98 Å². The van der Waals surface area contributed by atoms with Gasteiger partial charge in [0, 0.05) is 30.9 Å². The summed E-state index contributed by atoms with van der Waals surface area (Å²) >= 11 is 0. The first-order valence-electron chi connectivity index (χ1n) is 9.49. The maximum Gasteiger partial charge on any atom is 0.274 e. The summed E-state index contributed by atoms with van der Waals surface area (Å²) in [4.78, 5) is 23.8. The number of piperidine rings is 1. The summed E-state index contributed by atoms with van der Waals surface area (Å²) in [5, 5.41) is 2.97. The van der Waals surface area contributed by atoms with Gasteiger partial charge in [-0.2, -0.15) is 0 Å². The first kappa shape index (κ1) is 18.1. The van der Waals surface area contributed by atoms with Crippen LogP contribution in [0.5, 0.6) is 0 Å². The van der Waals surface area contributed by atoms with Crippen molar-refractivity contribution in [1.29, 1.82) is 0 Å². The average Bonchev–Trinajstić information content (AvgIpc) is 2.75. The molecule has 4 rings (SSSR count). The Morgan fingerprint density at radius 3 is 2.79 bits per heavy atom. The number of benzene rings is 1. The Labute approximate surface area is 164 Å². The number of carbonyl (C=O) groups is 1. The second-order valence-corrected chi connectivity index (χ2v) is 6.97. The van der Waals surface area contributed by atoms with E-state index in [9.17, 15) is 4.79 Å². The van der Waals surface area contributed by atoms with Crippen molar-refractivity contribution >= 4 is 17.3 Å². The third kappa shape index (κ3) is 4.02. The lowest BCUT2D eigenvalue weighted by Gasteiger charge is -2.33. The van der Waals surface area contributed by atoms with Crippen LogP contribution >= 0.6 is 0 Å². The van der Waals surface area contributed by atoms with E-state index < -0.39 is 0 Å². The summed E-state index contributed by atoms with van der Waals surface area (Å²) in [6.45, 7) is 1.69. The number of nitrogens with one attached hydrogen (secondary N) is 1. The van der Waals surface area contributed by atoms with E-state index >= 15 is 0 Å². The molecular formula is C22H23N5O. The summed E-state index contributed by atoms with van der Waals surface area (Å²) in [6.07, 6.45) is 5.48. The predicted octanol–water partition coefficient (Wildman–Crippen LogP) is 3.32. The van der Waals surface area contributed by atoms with Crippen LogP contribution in [0.2, 0.25) is 0 Å². The Balaban J connectivity index is 1.56. The number of carbonyl (C=O) groups excluding carboxylic acids is 1. The van der Waals surface area contributed by atoms with Gasteiger partial charge >= 0.3 is 0 Å². The molecule has 3 aromatic rings. The molecule has 1 fully saturated rings. The molecule has 6 heteroatoms. The van der Waals surface area contributed by atoms with Gasteiger partial charge in [0.25, 0.3) is 5.91 Å². The number of hydrogen-bond donors (Lipinski definition) is 2. The molecule has 0 aliphatic carbocycles. The SMILES string of the molecule is NC1CCCN(c2ccncc2NC(=O)c2cccc(-c3ccccc3)n2)C1. The van der Waals surface area contributed by atoms with Gasteiger partial charge in [0.2, 0.25) is 0 Å². The van der Waals surface area contributed by atoms with Crippen molar-refractivity contribution in [2.45, 2.75) is 18.9 Å². The molecule has 1 amide bonds. The third-order valence-corrected chi connectivity index (χ3v) is 4.90. The zero-order valence-corrected chi connectivity index (χ0v) is 15.6. The minimum absolute atomic E-state index is 0.148. The fourth-order valence-electron chi connectivity index (χ4n) is 3.51. The molecule has 0 spiro atoms. The lowest BCUT2D eigenvalue weighted by molar-refractivity contribution is 0.102. The van der Waals surface area contributed by atoms with Crippen LogP contribution in [-0.4, -0.2) is 35.0 Å². The molecule has 1 unspecified atom stereocenters. The molecule has 1 aromatic carbocycles. The Hall–Kier alpha value is -3.25. The largest absolute Gasteiger partial charge is 0.368 e. The van der Waals surface area contributed by atoms with E-state index in [1.165, 1.54) is 0 Å². The number of nitrogens with zero attached hydrogens (tertiary/aromatic N) is 3. The molecule has 1 aliphatic heterocycles. The number of aromatic nitrogens is 2. The Kier molecular flexibility index (Phi) is 5.30. The van der Waals surface area contributed by atoms with E-state index in [4.69, 9.17) is 5.73 Å². The predicted molar refractivity (Wildman–Crippen MR) is 111 cm³/mol. The van der Waals surface area contributed by atoms with Gasteiger partial charge in [-0.3, -0.25) is 9.78 Å². The van der Waals surface area contributed by atoms with Crippen LogP contribution in [-0.2, 0) is 0 Å². The highest BCUT2D eigenvalue weighted by Gasteiger charge is 2.20. The van der Waals surface area contributed by atoms with Crippen LogP contribution in [0.4, 0.5) is 11.4 Å². The van der Waals surface area contributed by atoms with Crippen LogP contribution in [0.25, 0.3) is 11.3 Å². The molecule has 0 saturated carbocycles. The van der Waals surface area contributed by atoms with Crippen molar-refractivity contribution in [1.82, 2.24) is 9.97 Å². The van der Waals surface area contributed by atoms with Gasteiger partial charge in [-0.05, 0) is 31.0 Å². The van der Waals surface area contributed by atoms with Crippen molar-refractivity contribution in [2.24, 2.45) is 5.73 Å². The second-order valence-electron chi connectivity index (χ2n) is 6.97. The maximum absolute atomic E-state index is 12.9. The number of nitrogens with two attached hydrogens (primary N) is 1. The molecule has 3 heterocycles. The van der Waals surface area contributed by atoms with Gasteiger partial charge < -0.3 is 16.0 Å². The summed E-state index contributed by atoms with van der Waals surface area (Å²) in [5.74, 6) is -0.256. The highest BCUT2D eigenvalue weighted by molar-refractivity contribution is 6.04. The van der Waals surface area contributed by atoms with Crippen molar-refractivity contribution in [2.75, 3.05) is 23.3 Å². The molecule has 142 valence electrons. The summed E-state index contributed by atoms with van der Waals surface area (Å²) in [6, 6.07) is 17.3. The first-order chi connectivity index (χ1) is 13.7. The average molecular weight is 373 g/mol. The van der Waals surface area contributed by atoms with E-state index in [-0.39, 0.29) is 11.9 Å². The standard InChI is InChI=1S/C22H23N5O/c23-17-8-5-13-27(15-17)21-11-12-24-14-20(21)26-22(28)19-10-4-9-18(25-19)16-6-2-1-3-7-16/h1-4,6-7,9-12,14,17H,5,8,13,15,23H2,(H,26,28). The van der Waals surface area contributed by atoms with Gasteiger partial charge in [-0.15, -0.1) is 0 Å². The van der Waals surface area contributed by atoms with E-state index in [2.05, 4.69) is 20.2 Å². The molecule has 3 N–H and O–H groups in total. The molecule has 6 nitrogen and oxygen atoms in total. The zero-order chi connectivity index (χ0) is 19.3. The molecule has 2 aromatic heterocycles. The summed E-state index contributed by atoms with van der Waals surface area (Å²) in [7, 11) is 0. The molecule has 28 heavy (non-hydrogen) atoms. The van der Waals surface area contributed by atoms with Gasteiger partial charge in [0.05, 0.1) is 23.3 Å². The van der Waals surface area contributed by atoms with E-state index in [0.29, 0.717) is 11.4 Å². The quantitative estimate of drug-likeness (QED) is 0.733. The minimum Gasteiger partial charge on any atom is -0.368 e. The molecule has 1 atom stereocenters. The first-order valence-corrected chi connectivity index (χ1v) is 9.49. The normalized spacial score (nSPS) is 16.6. The topological polar surface area (TPSA) is 84.1 Å². The number of pyridine rings is 2. The van der Waals surface area contributed by atoms with Crippen molar-refractivity contribution in [3.05, 3.63) is 72.7 Å². The van der Waals surface area contributed by atoms with E-state index in [1.807, 2.05) is 48.5 Å². The highest BCUT2D eigenvalue weighted by Crippen LogP contribution is 2.27. The number of rotatable bonds is 4. The van der Waals surface area contributed by atoms with Crippen LogP contribution < -0.4 is 16.0 Å². The molecule has 0 bridgehead atoms. The van der Waals surface area contributed by atoms with Crippen molar-refractivity contribution < 1.29 is 4.79 Å². The molecule has 0 radical (unpaired) electrons. The van der Waals surface area contributed by atoms with Crippen LogP contribution in [0.15, 0.2) is 67.0 Å². The fourth-order valence-corrected chi connectivity index (χ4v) is 3.51. The number of anilines is 2. The lowest BCUT2D eigenvalue weighted by atomic mass is 10.1. The van der Waals surface area contributed by atoms with Gasteiger partial charge in [0.15, 0.2) is 0 Å². The smallest absolute Gasteiger partial charge is 0.274 e. The molecule has 1 saturated heterocycles. The Morgan fingerprint density at radius 1 is 1.11 bits per heavy atom. The molecular weight excluding hydrogens is 350 g/mol. The van der Waals surface area contributed by atoms with E-state index in [0.717, 1.165) is 42.9 Å². The lowest BCUT2D eigenvalue weighted by Crippen LogP contribution is -2.43. The number of hydrogen-bond acceptors (Lipinski definition) is 5. The van der Waals surface area contributed by atoms with Crippen LogP contribution in [0.3, 0.4) is 0 Å². The Morgan fingerprint density at radius 2 is 1.96 bits per heavy atom. The summed E-state index contributed by atoms with van der Waals surface area (Å²) < 4.78 is 0. The third-order valence-electron chi connectivity index (χ3n) is 4.90. The Bertz CT molecular complexity index is 960. The highest BCUT2D eigenvalue weighted by atomic mass is 16.1. The maximum atomic E-state index is 12.9. The fraction of sp³-hybridized carbons (Fsp3) is 0.227. The van der Waals surface area contributed by atoms with Crippen LogP contribution in [0, 0.1) is 0 Å². The van der Waals surface area contributed by atoms with Gasteiger partial charge in [0.1, 0.15) is 5.69 Å². The summed E-state index contributed by atoms with van der Waals surface area (Å²) in [5.41, 5.74) is 9.85. The van der Waals surface area contributed by atoms with Crippen molar-refractivity contribution in [3.63, 3.8) is 0 Å². The van der Waals surface area contributed by atoms with Gasteiger partial charge in [-0.1, -0.05) is 36.4 Å². The van der Waals surface area contributed by atoms with Crippen molar-refractivity contribution in [3.8, 4) is 11.3 Å². The monoisotopic (exact) mass is 373 g/mol. The van der Waals surface area contributed by atoms with E-state index in [1.54, 1.807) is 18.5 Å². The zero-order valence-electron chi connectivity index (χ0n) is 15.6. The van der Waals surface area contributed by atoms with Crippen LogP contribution in [0.1, 0.15) is 23.3 Å².